The number of furan rings is 1. The van der Waals surface area contributed by atoms with Gasteiger partial charge < -0.3 is 9.32 Å². The van der Waals surface area contributed by atoms with Crippen LogP contribution < -0.4 is 0 Å². The van der Waals surface area contributed by atoms with Crippen molar-refractivity contribution in [1.82, 2.24) is 4.90 Å². The van der Waals surface area contributed by atoms with Crippen LogP contribution in [0.15, 0.2) is 21.2 Å². The molecule has 2 aliphatic rings. The quantitative estimate of drug-likeness (QED) is 0.786. The summed E-state index contributed by atoms with van der Waals surface area (Å²) in [6.07, 6.45) is 4.66. The van der Waals surface area contributed by atoms with E-state index < -0.39 is 0 Å². The van der Waals surface area contributed by atoms with E-state index in [2.05, 4.69) is 15.9 Å². The number of halogens is 1. The maximum absolute atomic E-state index is 12.1. The Balaban J connectivity index is 1.86. The Morgan fingerprint density at radius 3 is 2.33 bits per heavy atom. The van der Waals surface area contributed by atoms with E-state index >= 15 is 0 Å². The highest BCUT2D eigenvalue weighted by Gasteiger charge is 2.43. The molecule has 2 aliphatic heterocycles. The van der Waals surface area contributed by atoms with Crippen LogP contribution in [0.2, 0.25) is 0 Å². The summed E-state index contributed by atoms with van der Waals surface area (Å²) in [5.74, 6) is 0.520. The third-order valence-electron chi connectivity index (χ3n) is 3.47. The summed E-state index contributed by atoms with van der Waals surface area (Å²) in [4.78, 5) is 14.2. The summed E-state index contributed by atoms with van der Waals surface area (Å²) < 4.78 is 5.93. The minimum absolute atomic E-state index is 0.0608. The van der Waals surface area contributed by atoms with Gasteiger partial charge in [-0.15, -0.1) is 0 Å². The zero-order chi connectivity index (χ0) is 10.4. The van der Waals surface area contributed by atoms with Crippen molar-refractivity contribution in [2.24, 2.45) is 0 Å². The Kier molecular flexibility index (Phi) is 2.12. The summed E-state index contributed by atoms with van der Waals surface area (Å²) in [5, 5.41) is 0. The number of hydrogen-bond acceptors (Lipinski definition) is 2. The monoisotopic (exact) mass is 269 g/mol. The molecule has 0 aromatic carbocycles. The third kappa shape index (κ3) is 1.42. The van der Waals surface area contributed by atoms with Gasteiger partial charge in [0.15, 0.2) is 10.4 Å². The molecule has 15 heavy (non-hydrogen) atoms. The molecule has 2 fully saturated rings. The van der Waals surface area contributed by atoms with E-state index in [4.69, 9.17) is 4.42 Å². The van der Waals surface area contributed by atoms with Gasteiger partial charge in [-0.25, -0.2) is 0 Å². The number of fused-ring (bicyclic) bond motifs is 2. The molecular weight excluding hydrogens is 258 g/mol. The number of hydrogen-bond donors (Lipinski definition) is 0. The van der Waals surface area contributed by atoms with Crippen LogP contribution in [0, 0.1) is 0 Å². The van der Waals surface area contributed by atoms with Crippen LogP contribution >= 0.6 is 15.9 Å². The topological polar surface area (TPSA) is 33.5 Å². The Labute approximate surface area is 96.6 Å². The Morgan fingerprint density at radius 2 is 1.87 bits per heavy atom. The van der Waals surface area contributed by atoms with Crippen molar-refractivity contribution in [1.29, 1.82) is 0 Å². The van der Waals surface area contributed by atoms with Crippen LogP contribution in [0.3, 0.4) is 0 Å². The fourth-order valence-electron chi connectivity index (χ4n) is 2.80. The van der Waals surface area contributed by atoms with Gasteiger partial charge in [0.1, 0.15) is 0 Å². The van der Waals surface area contributed by atoms with Crippen LogP contribution in [0.4, 0.5) is 0 Å². The van der Waals surface area contributed by atoms with Crippen molar-refractivity contribution in [2.45, 2.75) is 37.8 Å². The molecule has 0 radical (unpaired) electrons. The number of amides is 1. The standard InChI is InChI=1S/C11H12BrNO2/c12-10-6-5-9(15-10)11(14)13-7-1-2-8(13)4-3-7/h5-8H,1-4H2. The summed E-state index contributed by atoms with van der Waals surface area (Å²) in [5.41, 5.74) is 0. The van der Waals surface area contributed by atoms with Gasteiger partial charge in [-0.3, -0.25) is 4.79 Å². The molecule has 2 saturated heterocycles. The van der Waals surface area contributed by atoms with E-state index in [0.29, 0.717) is 22.5 Å². The van der Waals surface area contributed by atoms with Crippen molar-refractivity contribution >= 4 is 21.8 Å². The van der Waals surface area contributed by atoms with E-state index in [1.54, 1.807) is 12.1 Å². The SMILES string of the molecule is O=C(c1ccc(Br)o1)N1C2CCC1CC2. The average molecular weight is 270 g/mol. The van der Waals surface area contributed by atoms with Crippen molar-refractivity contribution in [3.8, 4) is 0 Å². The Bertz CT molecular complexity index is 381. The van der Waals surface area contributed by atoms with Crippen LogP contribution in [0.25, 0.3) is 0 Å². The highest BCUT2D eigenvalue weighted by Crippen LogP contribution is 2.38. The van der Waals surface area contributed by atoms with Gasteiger partial charge in [0, 0.05) is 12.1 Å². The summed E-state index contributed by atoms with van der Waals surface area (Å²) in [6.45, 7) is 0. The van der Waals surface area contributed by atoms with E-state index in [1.165, 1.54) is 0 Å². The molecule has 4 heteroatoms. The lowest BCUT2D eigenvalue weighted by Crippen LogP contribution is -2.34. The number of rotatable bonds is 1. The predicted molar refractivity (Wildman–Crippen MR) is 58.6 cm³/mol. The predicted octanol–water partition coefficient (Wildman–Crippen LogP) is 2.81. The van der Waals surface area contributed by atoms with Gasteiger partial charge in [0.2, 0.25) is 0 Å². The molecule has 3 heterocycles. The fraction of sp³-hybridized carbons (Fsp3) is 0.545. The second-order valence-corrected chi connectivity index (χ2v) is 5.06. The normalized spacial score (nSPS) is 28.7. The number of nitrogens with zero attached hydrogens (tertiary/aromatic N) is 1. The molecular formula is C11H12BrNO2. The van der Waals surface area contributed by atoms with Gasteiger partial charge >= 0.3 is 0 Å². The zero-order valence-electron chi connectivity index (χ0n) is 8.28. The highest BCUT2D eigenvalue weighted by molar-refractivity contribution is 9.10. The van der Waals surface area contributed by atoms with Crippen LogP contribution in [0.1, 0.15) is 36.2 Å². The minimum atomic E-state index is 0.0608. The van der Waals surface area contributed by atoms with Crippen molar-refractivity contribution in [2.75, 3.05) is 0 Å². The second kappa shape index (κ2) is 3.37. The molecule has 0 N–H and O–H groups in total. The lowest BCUT2D eigenvalue weighted by molar-refractivity contribution is 0.0696. The summed E-state index contributed by atoms with van der Waals surface area (Å²) in [7, 11) is 0. The Morgan fingerprint density at radius 1 is 1.27 bits per heavy atom. The summed E-state index contributed by atoms with van der Waals surface area (Å²) >= 11 is 3.22. The van der Waals surface area contributed by atoms with Gasteiger partial charge in [-0.05, 0) is 53.7 Å². The Hall–Kier alpha value is -0.770. The molecule has 0 atom stereocenters. The van der Waals surface area contributed by atoms with E-state index in [9.17, 15) is 4.79 Å². The van der Waals surface area contributed by atoms with E-state index in [0.717, 1.165) is 25.7 Å². The second-order valence-electron chi connectivity index (χ2n) is 4.28. The maximum Gasteiger partial charge on any atom is 0.290 e. The number of carbonyl (C=O) groups excluding carboxylic acids is 1. The average Bonchev–Trinajstić information content (AvgIpc) is 2.91. The molecule has 0 aliphatic carbocycles. The molecule has 2 bridgehead atoms. The molecule has 1 aromatic rings. The first-order valence-electron chi connectivity index (χ1n) is 5.34. The van der Waals surface area contributed by atoms with Gasteiger partial charge in [0.25, 0.3) is 5.91 Å². The lowest BCUT2D eigenvalue weighted by Gasteiger charge is -2.20. The van der Waals surface area contributed by atoms with E-state index in [1.807, 2.05) is 4.90 Å². The molecule has 3 rings (SSSR count). The third-order valence-corrected chi connectivity index (χ3v) is 3.90. The van der Waals surface area contributed by atoms with Crippen LogP contribution in [0.5, 0.6) is 0 Å². The summed E-state index contributed by atoms with van der Waals surface area (Å²) in [6, 6.07) is 4.44. The zero-order valence-corrected chi connectivity index (χ0v) is 9.87. The van der Waals surface area contributed by atoms with Crippen LogP contribution in [-0.4, -0.2) is 22.9 Å². The molecule has 3 nitrogen and oxygen atoms in total. The molecule has 0 spiro atoms. The molecule has 1 amide bonds. The minimum Gasteiger partial charge on any atom is -0.444 e. The van der Waals surface area contributed by atoms with Crippen molar-refractivity contribution < 1.29 is 9.21 Å². The molecule has 0 saturated carbocycles. The largest absolute Gasteiger partial charge is 0.444 e. The fourth-order valence-corrected chi connectivity index (χ4v) is 3.11. The first kappa shape index (κ1) is 9.46. The van der Waals surface area contributed by atoms with Crippen LogP contribution in [-0.2, 0) is 0 Å². The lowest BCUT2D eigenvalue weighted by atomic mass is 10.0. The van der Waals surface area contributed by atoms with E-state index in [-0.39, 0.29) is 5.91 Å². The van der Waals surface area contributed by atoms with Gasteiger partial charge in [0.05, 0.1) is 0 Å². The smallest absolute Gasteiger partial charge is 0.290 e. The first-order chi connectivity index (χ1) is 7.25. The first-order valence-corrected chi connectivity index (χ1v) is 6.13. The maximum atomic E-state index is 12.1. The highest BCUT2D eigenvalue weighted by atomic mass is 79.9. The van der Waals surface area contributed by atoms with Crippen molar-refractivity contribution in [3.05, 3.63) is 22.6 Å². The number of carbonyl (C=O) groups is 1. The molecule has 0 unspecified atom stereocenters. The molecule has 80 valence electrons. The van der Waals surface area contributed by atoms with Gasteiger partial charge in [-0.1, -0.05) is 0 Å². The molecule has 1 aromatic heterocycles. The van der Waals surface area contributed by atoms with Crippen molar-refractivity contribution in [3.63, 3.8) is 0 Å². The van der Waals surface area contributed by atoms with Gasteiger partial charge in [-0.2, -0.15) is 0 Å².